The summed E-state index contributed by atoms with van der Waals surface area (Å²) in [6.07, 6.45) is 0.455. The highest BCUT2D eigenvalue weighted by Crippen LogP contribution is 2.42. The van der Waals surface area contributed by atoms with Crippen LogP contribution in [0.1, 0.15) is 18.0 Å². The first-order valence-electron chi connectivity index (χ1n) is 5.61. The first kappa shape index (κ1) is 12.0. The highest BCUT2D eigenvalue weighted by Gasteiger charge is 2.24. The van der Waals surface area contributed by atoms with E-state index in [2.05, 4.69) is 0 Å². The SMILES string of the molecule is COc1ccc2c(c1C(N)CCO)OCCO2. The topological polar surface area (TPSA) is 73.9 Å². The largest absolute Gasteiger partial charge is 0.496 e. The predicted octanol–water partition coefficient (Wildman–Crippen LogP) is 0.849. The Kier molecular flexibility index (Phi) is 3.71. The van der Waals surface area contributed by atoms with E-state index in [0.717, 1.165) is 5.56 Å². The molecule has 1 aliphatic rings. The Labute approximate surface area is 100 Å². The zero-order valence-corrected chi connectivity index (χ0v) is 9.81. The maximum atomic E-state index is 8.97. The Morgan fingerprint density at radius 1 is 1.41 bits per heavy atom. The minimum atomic E-state index is -0.327. The number of aliphatic hydroxyl groups excluding tert-OH is 1. The van der Waals surface area contributed by atoms with Crippen molar-refractivity contribution in [1.82, 2.24) is 0 Å². The molecule has 3 N–H and O–H groups in total. The Hall–Kier alpha value is -1.46. The van der Waals surface area contributed by atoms with Gasteiger partial charge in [-0.15, -0.1) is 0 Å². The average Bonchev–Trinajstić information content (AvgIpc) is 2.37. The second-order valence-electron chi connectivity index (χ2n) is 3.82. The second-order valence-corrected chi connectivity index (χ2v) is 3.82. The third-order valence-electron chi connectivity index (χ3n) is 2.74. The van der Waals surface area contributed by atoms with Crippen molar-refractivity contribution >= 4 is 0 Å². The summed E-state index contributed by atoms with van der Waals surface area (Å²) in [4.78, 5) is 0. The lowest BCUT2D eigenvalue weighted by Crippen LogP contribution is -2.20. The van der Waals surface area contributed by atoms with Gasteiger partial charge in [0.25, 0.3) is 0 Å². The maximum Gasteiger partial charge on any atom is 0.169 e. The molecule has 0 spiro atoms. The van der Waals surface area contributed by atoms with E-state index in [4.69, 9.17) is 25.1 Å². The Bertz CT molecular complexity index is 394. The average molecular weight is 239 g/mol. The van der Waals surface area contributed by atoms with Gasteiger partial charge in [0.15, 0.2) is 11.5 Å². The summed E-state index contributed by atoms with van der Waals surface area (Å²) in [5, 5.41) is 8.97. The van der Waals surface area contributed by atoms with Crippen molar-refractivity contribution in [3.05, 3.63) is 17.7 Å². The monoisotopic (exact) mass is 239 g/mol. The first-order chi connectivity index (χ1) is 8.27. The zero-order valence-electron chi connectivity index (χ0n) is 9.81. The Morgan fingerprint density at radius 3 is 2.88 bits per heavy atom. The van der Waals surface area contributed by atoms with E-state index in [1.165, 1.54) is 0 Å². The summed E-state index contributed by atoms with van der Waals surface area (Å²) in [5.74, 6) is 1.98. The molecule has 5 heteroatoms. The highest BCUT2D eigenvalue weighted by atomic mass is 16.6. The number of methoxy groups -OCH3 is 1. The van der Waals surface area contributed by atoms with Gasteiger partial charge in [-0.1, -0.05) is 0 Å². The molecule has 0 saturated carbocycles. The molecular weight excluding hydrogens is 222 g/mol. The predicted molar refractivity (Wildman–Crippen MR) is 62.6 cm³/mol. The number of benzene rings is 1. The van der Waals surface area contributed by atoms with Gasteiger partial charge in [0.05, 0.1) is 12.7 Å². The minimum absolute atomic E-state index is 0.0227. The smallest absolute Gasteiger partial charge is 0.169 e. The van der Waals surface area contributed by atoms with Gasteiger partial charge in [-0.25, -0.2) is 0 Å². The number of hydrogen-bond donors (Lipinski definition) is 2. The first-order valence-corrected chi connectivity index (χ1v) is 5.61. The molecule has 0 radical (unpaired) electrons. The standard InChI is InChI=1S/C12H17NO4/c1-15-9-2-3-10-12(17-7-6-16-10)11(9)8(13)4-5-14/h2-3,8,14H,4-7,13H2,1H3. The fourth-order valence-electron chi connectivity index (χ4n) is 1.93. The van der Waals surface area contributed by atoms with Crippen LogP contribution >= 0.6 is 0 Å². The van der Waals surface area contributed by atoms with Crippen LogP contribution < -0.4 is 19.9 Å². The molecule has 0 aliphatic carbocycles. The highest BCUT2D eigenvalue weighted by molar-refractivity contribution is 5.55. The van der Waals surface area contributed by atoms with Crippen LogP contribution in [0.4, 0.5) is 0 Å². The lowest BCUT2D eigenvalue weighted by Gasteiger charge is -2.25. The number of hydrogen-bond acceptors (Lipinski definition) is 5. The Balaban J connectivity index is 2.44. The molecule has 0 saturated heterocycles. The summed E-state index contributed by atoms with van der Waals surface area (Å²) in [6.45, 7) is 1.06. The van der Waals surface area contributed by atoms with Crippen LogP contribution in [0.15, 0.2) is 12.1 Å². The molecule has 1 heterocycles. The summed E-state index contributed by atoms with van der Waals surface area (Å²) in [5.41, 5.74) is 6.79. The summed E-state index contributed by atoms with van der Waals surface area (Å²) in [6, 6.07) is 3.29. The van der Waals surface area contributed by atoms with Crippen molar-refractivity contribution in [2.45, 2.75) is 12.5 Å². The third-order valence-corrected chi connectivity index (χ3v) is 2.74. The van der Waals surface area contributed by atoms with E-state index in [-0.39, 0.29) is 12.6 Å². The van der Waals surface area contributed by atoms with Gasteiger partial charge in [-0.3, -0.25) is 0 Å². The third kappa shape index (κ3) is 2.30. The lowest BCUT2D eigenvalue weighted by molar-refractivity contribution is 0.167. The normalized spacial score (nSPS) is 15.5. The molecule has 0 fully saturated rings. The van der Waals surface area contributed by atoms with Gasteiger partial charge >= 0.3 is 0 Å². The van der Waals surface area contributed by atoms with Gasteiger partial charge in [0.2, 0.25) is 0 Å². The van der Waals surface area contributed by atoms with E-state index in [1.54, 1.807) is 13.2 Å². The molecular formula is C12H17NO4. The number of aliphatic hydroxyl groups is 1. The van der Waals surface area contributed by atoms with Crippen LogP contribution in [0.25, 0.3) is 0 Å². The van der Waals surface area contributed by atoms with Crippen LogP contribution in [-0.4, -0.2) is 32.0 Å². The molecule has 1 aliphatic heterocycles. The molecule has 17 heavy (non-hydrogen) atoms. The molecule has 1 aromatic carbocycles. The number of nitrogens with two attached hydrogens (primary N) is 1. The van der Waals surface area contributed by atoms with Gasteiger partial charge in [-0.2, -0.15) is 0 Å². The van der Waals surface area contributed by atoms with E-state index in [9.17, 15) is 0 Å². The van der Waals surface area contributed by atoms with Crippen molar-refractivity contribution in [2.75, 3.05) is 26.9 Å². The van der Waals surface area contributed by atoms with E-state index < -0.39 is 0 Å². The minimum Gasteiger partial charge on any atom is -0.496 e. The van der Waals surface area contributed by atoms with Crippen LogP contribution in [0, 0.1) is 0 Å². The lowest BCUT2D eigenvalue weighted by atomic mass is 10.0. The number of ether oxygens (including phenoxy) is 3. The van der Waals surface area contributed by atoms with Crippen LogP contribution in [0.3, 0.4) is 0 Å². The number of rotatable bonds is 4. The fourth-order valence-corrected chi connectivity index (χ4v) is 1.93. The van der Waals surface area contributed by atoms with Crippen molar-refractivity contribution < 1.29 is 19.3 Å². The van der Waals surface area contributed by atoms with E-state index in [0.29, 0.717) is 36.9 Å². The van der Waals surface area contributed by atoms with E-state index >= 15 is 0 Å². The summed E-state index contributed by atoms with van der Waals surface area (Å²) >= 11 is 0. The molecule has 1 aromatic rings. The summed E-state index contributed by atoms with van der Waals surface area (Å²) < 4.78 is 16.4. The zero-order chi connectivity index (χ0) is 12.3. The molecule has 1 atom stereocenters. The summed E-state index contributed by atoms with van der Waals surface area (Å²) in [7, 11) is 1.58. The van der Waals surface area contributed by atoms with Gasteiger partial charge in [0.1, 0.15) is 19.0 Å². The van der Waals surface area contributed by atoms with Crippen LogP contribution in [-0.2, 0) is 0 Å². The van der Waals surface area contributed by atoms with Gasteiger partial charge < -0.3 is 25.1 Å². The van der Waals surface area contributed by atoms with Crippen molar-refractivity contribution in [3.63, 3.8) is 0 Å². The molecule has 94 valence electrons. The molecule has 1 unspecified atom stereocenters. The van der Waals surface area contributed by atoms with Gasteiger partial charge in [-0.05, 0) is 18.6 Å². The Morgan fingerprint density at radius 2 is 2.18 bits per heavy atom. The molecule has 0 amide bonds. The van der Waals surface area contributed by atoms with Crippen molar-refractivity contribution in [3.8, 4) is 17.2 Å². The fraction of sp³-hybridized carbons (Fsp3) is 0.500. The molecule has 0 aromatic heterocycles. The number of fused-ring (bicyclic) bond motifs is 1. The maximum absolute atomic E-state index is 8.97. The van der Waals surface area contributed by atoms with Crippen molar-refractivity contribution in [1.29, 1.82) is 0 Å². The van der Waals surface area contributed by atoms with Crippen molar-refractivity contribution in [2.24, 2.45) is 5.73 Å². The second kappa shape index (κ2) is 5.25. The van der Waals surface area contributed by atoms with Gasteiger partial charge in [0, 0.05) is 12.6 Å². The van der Waals surface area contributed by atoms with Crippen LogP contribution in [0.2, 0.25) is 0 Å². The quantitative estimate of drug-likeness (QED) is 0.814. The van der Waals surface area contributed by atoms with Crippen LogP contribution in [0.5, 0.6) is 17.2 Å². The molecule has 5 nitrogen and oxygen atoms in total. The molecule has 2 rings (SSSR count). The molecule has 0 bridgehead atoms. The van der Waals surface area contributed by atoms with E-state index in [1.807, 2.05) is 6.07 Å².